The fourth-order valence-corrected chi connectivity index (χ4v) is 2.60. The van der Waals surface area contributed by atoms with Crippen LogP contribution in [0.3, 0.4) is 0 Å². The first kappa shape index (κ1) is 18.4. The quantitative estimate of drug-likeness (QED) is 0.664. The molecule has 4 heteroatoms. The van der Waals surface area contributed by atoms with Crippen LogP contribution in [0.25, 0.3) is 0 Å². The molecular weight excluding hydrogens is 240 g/mol. The van der Waals surface area contributed by atoms with E-state index in [4.69, 9.17) is 10.5 Å². The molecule has 0 saturated heterocycles. The van der Waals surface area contributed by atoms with Crippen LogP contribution in [0.2, 0.25) is 0 Å². The largest absolute Gasteiger partial charge is 0.383 e. The van der Waals surface area contributed by atoms with Gasteiger partial charge in [-0.2, -0.15) is 0 Å². The van der Waals surface area contributed by atoms with Crippen molar-refractivity contribution in [3.63, 3.8) is 0 Å². The first-order valence-electron chi connectivity index (χ1n) is 7.56. The SMILES string of the molecule is CCC(CC)N(CCOC)C(=O)C(CC)(CC)CN. The number of methoxy groups -OCH3 is 1. The highest BCUT2D eigenvalue weighted by Gasteiger charge is 2.38. The number of ether oxygens (including phenoxy) is 1. The average Bonchev–Trinajstić information content (AvgIpc) is 2.45. The van der Waals surface area contributed by atoms with E-state index in [2.05, 4.69) is 27.7 Å². The van der Waals surface area contributed by atoms with E-state index in [0.29, 0.717) is 19.7 Å². The zero-order valence-electron chi connectivity index (χ0n) is 13.4. The third kappa shape index (κ3) is 4.46. The molecule has 0 rings (SSSR count). The second-order valence-electron chi connectivity index (χ2n) is 5.15. The lowest BCUT2D eigenvalue weighted by atomic mass is 9.80. The molecule has 0 unspecified atom stereocenters. The van der Waals surface area contributed by atoms with Gasteiger partial charge in [0.15, 0.2) is 0 Å². The molecule has 1 amide bonds. The lowest BCUT2D eigenvalue weighted by Crippen LogP contribution is -2.52. The Morgan fingerprint density at radius 3 is 2.05 bits per heavy atom. The van der Waals surface area contributed by atoms with Gasteiger partial charge in [-0.05, 0) is 25.7 Å². The molecule has 0 heterocycles. The summed E-state index contributed by atoms with van der Waals surface area (Å²) in [7, 11) is 1.67. The lowest BCUT2D eigenvalue weighted by molar-refractivity contribution is -0.145. The summed E-state index contributed by atoms with van der Waals surface area (Å²) in [5.41, 5.74) is 5.49. The van der Waals surface area contributed by atoms with Crippen LogP contribution in [0, 0.1) is 5.41 Å². The van der Waals surface area contributed by atoms with E-state index in [1.807, 2.05) is 4.90 Å². The Morgan fingerprint density at radius 1 is 1.21 bits per heavy atom. The second-order valence-corrected chi connectivity index (χ2v) is 5.15. The Bertz CT molecular complexity index is 240. The summed E-state index contributed by atoms with van der Waals surface area (Å²) in [6.07, 6.45) is 3.53. The minimum absolute atomic E-state index is 0.200. The van der Waals surface area contributed by atoms with Crippen molar-refractivity contribution in [2.24, 2.45) is 11.1 Å². The molecule has 0 spiro atoms. The van der Waals surface area contributed by atoms with Crippen molar-refractivity contribution in [3.8, 4) is 0 Å². The van der Waals surface area contributed by atoms with Gasteiger partial charge < -0.3 is 15.4 Å². The van der Waals surface area contributed by atoms with Crippen molar-refractivity contribution in [2.45, 2.75) is 59.4 Å². The van der Waals surface area contributed by atoms with Crippen LogP contribution in [0.4, 0.5) is 0 Å². The van der Waals surface area contributed by atoms with Crippen LogP contribution < -0.4 is 5.73 Å². The Morgan fingerprint density at radius 2 is 1.74 bits per heavy atom. The minimum Gasteiger partial charge on any atom is -0.383 e. The lowest BCUT2D eigenvalue weighted by Gasteiger charge is -2.39. The third-order valence-corrected chi connectivity index (χ3v) is 4.38. The Kier molecular flexibility index (Phi) is 9.02. The maximum Gasteiger partial charge on any atom is 0.230 e. The van der Waals surface area contributed by atoms with Gasteiger partial charge in [-0.1, -0.05) is 27.7 Å². The van der Waals surface area contributed by atoms with Gasteiger partial charge in [-0.25, -0.2) is 0 Å². The molecule has 0 aliphatic heterocycles. The smallest absolute Gasteiger partial charge is 0.230 e. The number of nitrogens with zero attached hydrogens (tertiary/aromatic N) is 1. The van der Waals surface area contributed by atoms with Crippen molar-refractivity contribution < 1.29 is 9.53 Å². The molecule has 19 heavy (non-hydrogen) atoms. The van der Waals surface area contributed by atoms with Crippen molar-refractivity contribution in [1.82, 2.24) is 4.90 Å². The van der Waals surface area contributed by atoms with Gasteiger partial charge in [0.05, 0.1) is 12.0 Å². The molecule has 0 aliphatic carbocycles. The average molecular weight is 272 g/mol. The molecule has 0 aliphatic rings. The van der Waals surface area contributed by atoms with Gasteiger partial charge in [0, 0.05) is 26.2 Å². The van der Waals surface area contributed by atoms with Crippen LogP contribution >= 0.6 is 0 Å². The summed E-state index contributed by atoms with van der Waals surface area (Å²) in [4.78, 5) is 14.9. The highest BCUT2D eigenvalue weighted by atomic mass is 16.5. The van der Waals surface area contributed by atoms with E-state index in [9.17, 15) is 4.79 Å². The number of amides is 1. The fourth-order valence-electron chi connectivity index (χ4n) is 2.60. The maximum atomic E-state index is 12.9. The second kappa shape index (κ2) is 9.32. The highest BCUT2D eigenvalue weighted by molar-refractivity contribution is 5.83. The van der Waals surface area contributed by atoms with Gasteiger partial charge >= 0.3 is 0 Å². The zero-order valence-corrected chi connectivity index (χ0v) is 13.4. The molecule has 0 saturated carbocycles. The van der Waals surface area contributed by atoms with Gasteiger partial charge in [0.1, 0.15) is 0 Å². The molecule has 0 bridgehead atoms. The standard InChI is InChI=1S/C15H32N2O2/c1-6-13(7-2)17(10-11-19-5)14(18)15(8-3,9-4)12-16/h13H,6-12,16H2,1-5H3. The summed E-state index contributed by atoms with van der Waals surface area (Å²) in [6, 6.07) is 0.284. The van der Waals surface area contributed by atoms with Crippen LogP contribution in [-0.4, -0.2) is 43.7 Å². The van der Waals surface area contributed by atoms with Crippen LogP contribution in [0.5, 0.6) is 0 Å². The van der Waals surface area contributed by atoms with Crippen molar-refractivity contribution in [3.05, 3.63) is 0 Å². The molecule has 0 aromatic rings. The topological polar surface area (TPSA) is 55.6 Å². The van der Waals surface area contributed by atoms with Gasteiger partial charge in [-0.3, -0.25) is 4.79 Å². The summed E-state index contributed by atoms with van der Waals surface area (Å²) in [6.45, 7) is 10.0. The molecule has 4 nitrogen and oxygen atoms in total. The van der Waals surface area contributed by atoms with Crippen LogP contribution in [-0.2, 0) is 9.53 Å². The monoisotopic (exact) mass is 272 g/mol. The van der Waals surface area contributed by atoms with E-state index in [1.54, 1.807) is 7.11 Å². The molecule has 2 N–H and O–H groups in total. The first-order chi connectivity index (χ1) is 9.06. The summed E-state index contributed by atoms with van der Waals surface area (Å²) < 4.78 is 5.15. The molecule has 0 atom stereocenters. The Labute approximate surface area is 118 Å². The molecule has 0 aromatic carbocycles. The number of rotatable bonds is 10. The predicted molar refractivity (Wildman–Crippen MR) is 80.0 cm³/mol. The predicted octanol–water partition coefficient (Wildman–Crippen LogP) is 2.42. The maximum absolute atomic E-state index is 12.9. The van der Waals surface area contributed by atoms with Crippen molar-refractivity contribution in [1.29, 1.82) is 0 Å². The number of hydrogen-bond acceptors (Lipinski definition) is 3. The molecule has 0 aromatic heterocycles. The van der Waals surface area contributed by atoms with E-state index in [0.717, 1.165) is 25.7 Å². The van der Waals surface area contributed by atoms with Crippen molar-refractivity contribution >= 4 is 5.91 Å². The number of hydrogen-bond donors (Lipinski definition) is 1. The van der Waals surface area contributed by atoms with Crippen LogP contribution in [0.15, 0.2) is 0 Å². The van der Waals surface area contributed by atoms with E-state index >= 15 is 0 Å². The first-order valence-corrected chi connectivity index (χ1v) is 7.56. The molecular formula is C15H32N2O2. The Balaban J connectivity index is 5.16. The number of carbonyl (C=O) groups is 1. The zero-order chi connectivity index (χ0) is 14.9. The van der Waals surface area contributed by atoms with Crippen LogP contribution in [0.1, 0.15) is 53.4 Å². The molecule has 114 valence electrons. The minimum atomic E-state index is -0.406. The summed E-state index contributed by atoms with van der Waals surface area (Å²) in [5.74, 6) is 0.200. The van der Waals surface area contributed by atoms with Gasteiger partial charge in [-0.15, -0.1) is 0 Å². The normalized spacial score (nSPS) is 11.9. The number of carbonyl (C=O) groups excluding carboxylic acids is 1. The fraction of sp³-hybridized carbons (Fsp3) is 0.933. The molecule has 0 radical (unpaired) electrons. The Hall–Kier alpha value is -0.610. The number of nitrogens with two attached hydrogens (primary N) is 1. The van der Waals surface area contributed by atoms with E-state index < -0.39 is 5.41 Å². The third-order valence-electron chi connectivity index (χ3n) is 4.38. The summed E-state index contributed by atoms with van der Waals surface area (Å²) in [5, 5.41) is 0. The van der Waals surface area contributed by atoms with Gasteiger partial charge in [0.25, 0.3) is 0 Å². The van der Waals surface area contributed by atoms with Gasteiger partial charge in [0.2, 0.25) is 5.91 Å². The van der Waals surface area contributed by atoms with E-state index in [1.165, 1.54) is 0 Å². The molecule has 0 fully saturated rings. The van der Waals surface area contributed by atoms with E-state index in [-0.39, 0.29) is 11.9 Å². The van der Waals surface area contributed by atoms with Crippen molar-refractivity contribution in [2.75, 3.05) is 26.8 Å². The highest BCUT2D eigenvalue weighted by Crippen LogP contribution is 2.29. The summed E-state index contributed by atoms with van der Waals surface area (Å²) >= 11 is 0.